The first-order chi connectivity index (χ1) is 10.1. The third kappa shape index (κ3) is 4.59. The number of hydrogen-bond acceptors (Lipinski definition) is 3. The van der Waals surface area contributed by atoms with E-state index in [0.717, 1.165) is 30.7 Å². The Morgan fingerprint density at radius 3 is 2.68 bits per heavy atom. The van der Waals surface area contributed by atoms with Crippen LogP contribution in [0.1, 0.15) is 31.2 Å². The van der Waals surface area contributed by atoms with Gasteiger partial charge in [-0.15, -0.1) is 12.4 Å². The Hall–Kier alpha value is -0.810. The van der Waals surface area contributed by atoms with E-state index in [1.807, 2.05) is 18.2 Å². The Morgan fingerprint density at radius 2 is 2.14 bits per heavy atom. The summed E-state index contributed by atoms with van der Waals surface area (Å²) in [5.41, 5.74) is 7.25. The van der Waals surface area contributed by atoms with Gasteiger partial charge in [-0.05, 0) is 43.4 Å². The molecule has 1 aromatic rings. The summed E-state index contributed by atoms with van der Waals surface area (Å²) in [6.07, 6.45) is 3.78. The van der Waals surface area contributed by atoms with Crippen LogP contribution in [0.2, 0.25) is 5.02 Å². The summed E-state index contributed by atoms with van der Waals surface area (Å²) in [5, 5.41) is 3.76. The van der Waals surface area contributed by atoms with E-state index >= 15 is 0 Å². The van der Waals surface area contributed by atoms with Crippen LogP contribution in [0.3, 0.4) is 0 Å². The minimum absolute atomic E-state index is 0. The number of nitrogens with one attached hydrogen (secondary N) is 1. The first kappa shape index (κ1) is 19.2. The fraction of sp³-hybridized carbons (Fsp3) is 0.562. The van der Waals surface area contributed by atoms with E-state index in [9.17, 15) is 4.79 Å². The Labute approximate surface area is 143 Å². The molecule has 0 aromatic heterocycles. The summed E-state index contributed by atoms with van der Waals surface area (Å²) < 4.78 is 4.84. The average Bonchev–Trinajstić information content (AvgIpc) is 2.48. The van der Waals surface area contributed by atoms with Crippen molar-refractivity contribution in [2.45, 2.75) is 37.1 Å². The number of amides is 1. The minimum Gasteiger partial charge on any atom is -0.375 e. The van der Waals surface area contributed by atoms with Gasteiger partial charge >= 0.3 is 0 Å². The molecule has 4 nitrogen and oxygen atoms in total. The molecule has 1 aliphatic carbocycles. The van der Waals surface area contributed by atoms with Gasteiger partial charge in [0.2, 0.25) is 5.91 Å². The van der Waals surface area contributed by atoms with Gasteiger partial charge in [-0.1, -0.05) is 23.7 Å². The first-order valence-electron chi connectivity index (χ1n) is 7.34. The van der Waals surface area contributed by atoms with E-state index in [4.69, 9.17) is 22.1 Å². The topological polar surface area (TPSA) is 64.3 Å². The zero-order valence-corrected chi connectivity index (χ0v) is 14.4. The van der Waals surface area contributed by atoms with Crippen LogP contribution in [0.15, 0.2) is 24.3 Å². The van der Waals surface area contributed by atoms with Crippen molar-refractivity contribution < 1.29 is 9.53 Å². The van der Waals surface area contributed by atoms with Crippen LogP contribution >= 0.6 is 24.0 Å². The fourth-order valence-electron chi connectivity index (χ4n) is 3.14. The predicted octanol–water partition coefficient (Wildman–Crippen LogP) is 2.66. The molecule has 22 heavy (non-hydrogen) atoms. The third-order valence-corrected chi connectivity index (χ3v) is 4.65. The van der Waals surface area contributed by atoms with Gasteiger partial charge in [-0.3, -0.25) is 4.79 Å². The van der Waals surface area contributed by atoms with E-state index in [-0.39, 0.29) is 36.4 Å². The molecule has 124 valence electrons. The number of methoxy groups -OCH3 is 1. The number of carbonyl (C=O) groups is 1. The molecule has 1 amide bonds. The molecule has 1 aliphatic rings. The molecule has 0 spiro atoms. The third-order valence-electron chi connectivity index (χ3n) is 4.41. The number of ether oxygens (including phenoxy) is 1. The zero-order valence-electron chi connectivity index (χ0n) is 12.8. The highest BCUT2D eigenvalue weighted by Gasteiger charge is 2.36. The molecular weight excluding hydrogens is 323 g/mol. The van der Waals surface area contributed by atoms with Gasteiger partial charge in [0.15, 0.2) is 0 Å². The molecule has 0 saturated heterocycles. The van der Waals surface area contributed by atoms with Crippen molar-refractivity contribution in [1.82, 2.24) is 5.32 Å². The number of hydrogen-bond donors (Lipinski definition) is 2. The lowest BCUT2D eigenvalue weighted by Crippen LogP contribution is -2.46. The van der Waals surface area contributed by atoms with E-state index < -0.39 is 0 Å². The van der Waals surface area contributed by atoms with Crippen LogP contribution in [0.25, 0.3) is 0 Å². The first-order valence-corrected chi connectivity index (χ1v) is 7.72. The molecule has 0 radical (unpaired) electrons. The van der Waals surface area contributed by atoms with Crippen molar-refractivity contribution in [3.63, 3.8) is 0 Å². The van der Waals surface area contributed by atoms with Gasteiger partial charge in [0.1, 0.15) is 6.61 Å². The molecule has 0 aliphatic heterocycles. The summed E-state index contributed by atoms with van der Waals surface area (Å²) >= 11 is 6.10. The van der Waals surface area contributed by atoms with Crippen LogP contribution in [0.5, 0.6) is 0 Å². The molecule has 0 unspecified atom stereocenters. The lowest BCUT2D eigenvalue weighted by Gasteiger charge is -2.40. The van der Waals surface area contributed by atoms with Crippen LogP contribution < -0.4 is 11.1 Å². The van der Waals surface area contributed by atoms with Gasteiger partial charge in [0.05, 0.1) is 0 Å². The van der Waals surface area contributed by atoms with Gasteiger partial charge in [0.25, 0.3) is 0 Å². The molecule has 1 saturated carbocycles. The lowest BCUT2D eigenvalue weighted by molar-refractivity contribution is -0.125. The molecule has 0 bridgehead atoms. The van der Waals surface area contributed by atoms with Crippen molar-refractivity contribution in [2.24, 2.45) is 5.73 Å². The summed E-state index contributed by atoms with van der Waals surface area (Å²) in [7, 11) is 1.53. The monoisotopic (exact) mass is 346 g/mol. The molecule has 3 N–H and O–H groups in total. The molecule has 0 atom stereocenters. The highest BCUT2D eigenvalue weighted by Crippen LogP contribution is 2.39. The highest BCUT2D eigenvalue weighted by atomic mass is 35.5. The van der Waals surface area contributed by atoms with Gasteiger partial charge < -0.3 is 15.8 Å². The number of halogens is 2. The molecule has 1 aromatic carbocycles. The fourth-order valence-corrected chi connectivity index (χ4v) is 3.33. The smallest absolute Gasteiger partial charge is 0.246 e. The highest BCUT2D eigenvalue weighted by molar-refractivity contribution is 6.30. The largest absolute Gasteiger partial charge is 0.375 e. The van der Waals surface area contributed by atoms with Gasteiger partial charge in [0, 0.05) is 30.1 Å². The molecule has 1 fully saturated rings. The summed E-state index contributed by atoms with van der Waals surface area (Å²) in [4.78, 5) is 11.6. The summed E-state index contributed by atoms with van der Waals surface area (Å²) in [6, 6.07) is 8.18. The Bertz CT molecular complexity index is 489. The van der Waals surface area contributed by atoms with E-state index in [1.54, 1.807) is 0 Å². The zero-order chi connectivity index (χ0) is 15.3. The molecule has 6 heteroatoms. The Morgan fingerprint density at radius 1 is 1.45 bits per heavy atom. The maximum Gasteiger partial charge on any atom is 0.246 e. The van der Waals surface area contributed by atoms with E-state index in [2.05, 4.69) is 11.4 Å². The van der Waals surface area contributed by atoms with Crippen LogP contribution in [0, 0.1) is 0 Å². The maximum absolute atomic E-state index is 11.6. The number of nitrogens with two attached hydrogens (primary N) is 1. The van der Waals surface area contributed by atoms with Gasteiger partial charge in [-0.2, -0.15) is 0 Å². The second kappa shape index (κ2) is 8.73. The van der Waals surface area contributed by atoms with Crippen LogP contribution in [-0.4, -0.2) is 32.2 Å². The number of carbonyl (C=O) groups excluding carboxylic acids is 1. The van der Waals surface area contributed by atoms with Crippen LogP contribution in [0.4, 0.5) is 0 Å². The predicted molar refractivity (Wildman–Crippen MR) is 91.7 cm³/mol. The van der Waals surface area contributed by atoms with Crippen molar-refractivity contribution in [3.8, 4) is 0 Å². The normalized spacial score (nSPS) is 24.4. The molecule has 2 rings (SSSR count). The Balaban J connectivity index is 0.00000242. The molecular formula is C16H24Cl2N2O2. The second-order valence-electron chi connectivity index (χ2n) is 5.77. The number of rotatable bonds is 5. The summed E-state index contributed by atoms with van der Waals surface area (Å²) in [6.45, 7) is 0.721. The van der Waals surface area contributed by atoms with Crippen molar-refractivity contribution in [2.75, 3.05) is 20.3 Å². The molecule has 0 heterocycles. The summed E-state index contributed by atoms with van der Waals surface area (Å²) in [5.74, 6) is -0.0505. The van der Waals surface area contributed by atoms with Gasteiger partial charge in [-0.25, -0.2) is 0 Å². The average molecular weight is 347 g/mol. The van der Waals surface area contributed by atoms with E-state index in [0.29, 0.717) is 6.54 Å². The van der Waals surface area contributed by atoms with Crippen molar-refractivity contribution in [1.29, 1.82) is 0 Å². The lowest BCUT2D eigenvalue weighted by atomic mass is 9.68. The number of benzene rings is 1. The van der Waals surface area contributed by atoms with E-state index in [1.165, 1.54) is 12.7 Å². The minimum atomic E-state index is -0.0505. The Kier molecular flexibility index (Phi) is 7.63. The SMILES string of the molecule is COCC(=O)NC1CCC(CN)(c2cccc(Cl)c2)CC1.Cl. The van der Waals surface area contributed by atoms with Crippen LogP contribution in [-0.2, 0) is 14.9 Å². The van der Waals surface area contributed by atoms with Crippen molar-refractivity contribution in [3.05, 3.63) is 34.9 Å². The standard InChI is InChI=1S/C16H23ClN2O2.ClH/c1-21-10-15(20)19-14-5-7-16(11-18,8-6-14)12-3-2-4-13(17)9-12;/h2-4,9,14H,5-8,10-11,18H2,1H3,(H,19,20);1H. The maximum atomic E-state index is 11.6. The quantitative estimate of drug-likeness (QED) is 0.861. The second-order valence-corrected chi connectivity index (χ2v) is 6.21. The van der Waals surface area contributed by atoms with Crippen molar-refractivity contribution >= 4 is 29.9 Å².